The molecule has 4 aliphatic carbocycles. The fourth-order valence-electron chi connectivity index (χ4n) is 10.1. The molecule has 6 heteroatoms. The molecule has 6 nitrogen and oxygen atoms in total. The summed E-state index contributed by atoms with van der Waals surface area (Å²) in [5.41, 5.74) is 1.30. The van der Waals surface area contributed by atoms with Gasteiger partial charge < -0.3 is 20.6 Å². The Morgan fingerprint density at radius 3 is 2.38 bits per heavy atom. The number of carbonyl (C=O) groups is 2. The van der Waals surface area contributed by atoms with Crippen LogP contribution >= 0.6 is 0 Å². The fourth-order valence-corrected chi connectivity index (χ4v) is 10.1. The zero-order valence-corrected chi connectivity index (χ0v) is 24.0. The Kier molecular flexibility index (Phi) is 8.18. The van der Waals surface area contributed by atoms with Gasteiger partial charge >= 0.3 is 5.97 Å². The minimum atomic E-state index is -1.00. The zero-order chi connectivity index (χ0) is 27.9. The minimum Gasteiger partial charge on any atom is -0.480 e. The van der Waals surface area contributed by atoms with Crippen LogP contribution in [0.5, 0.6) is 0 Å². The minimum absolute atomic E-state index is 0.173. The number of carboxylic acid groups (broad SMARTS) is 1. The highest BCUT2D eigenvalue weighted by atomic mass is 16.4. The third-order valence-corrected chi connectivity index (χ3v) is 12.2. The lowest BCUT2D eigenvalue weighted by Gasteiger charge is -2.62. The van der Waals surface area contributed by atoms with E-state index in [1.807, 2.05) is 30.3 Å². The molecular formula is C33H49NO5. The summed E-state index contributed by atoms with van der Waals surface area (Å²) in [4.78, 5) is 24.6. The average Bonchev–Trinajstić information content (AvgIpc) is 3.25. The van der Waals surface area contributed by atoms with Gasteiger partial charge in [-0.05, 0) is 110 Å². The molecule has 4 saturated carbocycles. The lowest BCUT2D eigenvalue weighted by molar-refractivity contribution is -0.174. The molecule has 216 valence electrons. The van der Waals surface area contributed by atoms with E-state index in [0.717, 1.165) is 56.9 Å². The van der Waals surface area contributed by atoms with E-state index >= 15 is 0 Å². The Bertz CT molecular complexity index is 1030. The third-order valence-electron chi connectivity index (χ3n) is 12.2. The molecular weight excluding hydrogens is 490 g/mol. The Morgan fingerprint density at radius 2 is 1.67 bits per heavy atom. The first-order valence-electron chi connectivity index (χ1n) is 15.4. The van der Waals surface area contributed by atoms with E-state index in [9.17, 15) is 24.9 Å². The van der Waals surface area contributed by atoms with Crippen LogP contribution in [-0.2, 0) is 16.0 Å². The quantitative estimate of drug-likeness (QED) is 0.363. The van der Waals surface area contributed by atoms with Crippen LogP contribution in [0, 0.1) is 46.3 Å². The first kappa shape index (κ1) is 28.6. The van der Waals surface area contributed by atoms with E-state index in [4.69, 9.17) is 0 Å². The van der Waals surface area contributed by atoms with Gasteiger partial charge in [-0.15, -0.1) is 0 Å². The second-order valence-electron chi connectivity index (χ2n) is 14.1. The van der Waals surface area contributed by atoms with E-state index in [0.29, 0.717) is 41.9 Å². The highest BCUT2D eigenvalue weighted by molar-refractivity contribution is 5.83. The van der Waals surface area contributed by atoms with Gasteiger partial charge in [0.25, 0.3) is 0 Å². The van der Waals surface area contributed by atoms with E-state index in [1.54, 1.807) is 0 Å². The van der Waals surface area contributed by atoms with Crippen LogP contribution in [0.1, 0.15) is 90.5 Å². The van der Waals surface area contributed by atoms with E-state index in [-0.39, 0.29) is 35.4 Å². The number of amides is 1. The van der Waals surface area contributed by atoms with Gasteiger partial charge in [0.15, 0.2) is 0 Å². The molecule has 0 heterocycles. The summed E-state index contributed by atoms with van der Waals surface area (Å²) in [7, 11) is 0. The van der Waals surface area contributed by atoms with Crippen molar-refractivity contribution in [2.24, 2.45) is 46.3 Å². The standard InChI is InChI=1S/C33H49NO5/c1-20(9-12-29(37)34-27(31(38)39)17-21-7-5-4-6-8-21)24-10-11-25-30-26(14-16-33(24,25)3)32(2)15-13-23(35)18-22(32)19-28(30)36/h4-8,20,22-28,30,35-36H,9-19H2,1-3H3,(H,34,37)(H,38,39)/t20-,22+,23-,24-,25+,26+,27?,28-,30+,32+,33-/m1/s1. The lowest BCUT2D eigenvalue weighted by Crippen LogP contribution is -2.58. The summed E-state index contributed by atoms with van der Waals surface area (Å²) in [5, 5.41) is 34.2. The molecule has 1 aromatic rings. The van der Waals surface area contributed by atoms with Crippen molar-refractivity contribution < 1.29 is 24.9 Å². The summed E-state index contributed by atoms with van der Waals surface area (Å²) in [6.45, 7) is 7.17. The summed E-state index contributed by atoms with van der Waals surface area (Å²) < 4.78 is 0. The zero-order valence-electron chi connectivity index (χ0n) is 24.0. The number of carbonyl (C=O) groups excluding carboxylic acids is 1. The number of hydrogen-bond acceptors (Lipinski definition) is 4. The Morgan fingerprint density at radius 1 is 0.974 bits per heavy atom. The molecule has 4 fully saturated rings. The number of hydrogen-bond donors (Lipinski definition) is 4. The predicted octanol–water partition coefficient (Wildman–Crippen LogP) is 5.21. The molecule has 0 aromatic heterocycles. The van der Waals surface area contributed by atoms with Crippen molar-refractivity contribution in [1.82, 2.24) is 5.32 Å². The van der Waals surface area contributed by atoms with Crippen LogP contribution in [0.4, 0.5) is 0 Å². The van der Waals surface area contributed by atoms with Crippen molar-refractivity contribution in [3.05, 3.63) is 35.9 Å². The van der Waals surface area contributed by atoms with Crippen LogP contribution in [-0.4, -0.2) is 45.4 Å². The fraction of sp³-hybridized carbons (Fsp3) is 0.758. The summed E-state index contributed by atoms with van der Waals surface area (Å²) in [6.07, 6.45) is 9.15. The number of aliphatic hydroxyl groups excluding tert-OH is 2. The molecule has 0 aliphatic heterocycles. The monoisotopic (exact) mass is 539 g/mol. The summed E-state index contributed by atoms with van der Waals surface area (Å²) >= 11 is 0. The molecule has 1 amide bonds. The Labute approximate surface area is 234 Å². The SMILES string of the molecule is C[C@H](CCC(=O)NC(Cc1ccccc1)C(=O)O)[C@H]1CC[C@H]2[C@@H]3[C@H](O)C[C@@H]4C[C@H](O)CC[C@]4(C)[C@H]3CC[C@]12C. The van der Waals surface area contributed by atoms with Crippen molar-refractivity contribution in [1.29, 1.82) is 0 Å². The van der Waals surface area contributed by atoms with Crippen molar-refractivity contribution >= 4 is 11.9 Å². The number of carboxylic acids is 1. The molecule has 5 rings (SSSR count). The van der Waals surface area contributed by atoms with Gasteiger partial charge in [0.05, 0.1) is 12.2 Å². The molecule has 1 aromatic carbocycles. The number of aliphatic carboxylic acids is 1. The maximum absolute atomic E-state index is 12.8. The second kappa shape index (κ2) is 11.2. The molecule has 0 radical (unpaired) electrons. The molecule has 4 N–H and O–H groups in total. The van der Waals surface area contributed by atoms with E-state index in [1.165, 1.54) is 6.42 Å². The second-order valence-corrected chi connectivity index (χ2v) is 14.1. The molecule has 39 heavy (non-hydrogen) atoms. The number of fused-ring (bicyclic) bond motifs is 5. The molecule has 4 aliphatic rings. The maximum atomic E-state index is 12.8. The van der Waals surface area contributed by atoms with Crippen molar-refractivity contribution in [3.8, 4) is 0 Å². The number of aliphatic hydroxyl groups is 2. The first-order chi connectivity index (χ1) is 18.5. The molecule has 0 saturated heterocycles. The van der Waals surface area contributed by atoms with Gasteiger partial charge in [-0.1, -0.05) is 51.1 Å². The van der Waals surface area contributed by atoms with Gasteiger partial charge in [-0.25, -0.2) is 4.79 Å². The van der Waals surface area contributed by atoms with E-state index < -0.39 is 12.0 Å². The summed E-state index contributed by atoms with van der Waals surface area (Å²) in [6, 6.07) is 8.51. The number of nitrogens with one attached hydrogen (secondary N) is 1. The van der Waals surface area contributed by atoms with Gasteiger partial charge in [0.2, 0.25) is 5.91 Å². The van der Waals surface area contributed by atoms with Crippen molar-refractivity contribution in [2.75, 3.05) is 0 Å². The number of rotatable bonds is 8. The van der Waals surface area contributed by atoms with Gasteiger partial charge in [0.1, 0.15) is 6.04 Å². The molecule has 1 unspecified atom stereocenters. The van der Waals surface area contributed by atoms with Crippen LogP contribution in [0.25, 0.3) is 0 Å². The van der Waals surface area contributed by atoms with Gasteiger partial charge in [-0.2, -0.15) is 0 Å². The van der Waals surface area contributed by atoms with Gasteiger partial charge in [-0.3, -0.25) is 4.79 Å². The van der Waals surface area contributed by atoms with Crippen LogP contribution < -0.4 is 5.32 Å². The lowest BCUT2D eigenvalue weighted by atomic mass is 9.43. The molecule has 0 bridgehead atoms. The van der Waals surface area contributed by atoms with Gasteiger partial charge in [0, 0.05) is 12.8 Å². The number of benzene rings is 1. The largest absolute Gasteiger partial charge is 0.480 e. The Balaban J connectivity index is 1.20. The summed E-state index contributed by atoms with van der Waals surface area (Å²) in [5.74, 6) is 1.51. The molecule has 0 spiro atoms. The highest BCUT2D eigenvalue weighted by Crippen LogP contribution is 2.68. The van der Waals surface area contributed by atoms with E-state index in [2.05, 4.69) is 26.1 Å². The normalized spacial score (nSPS) is 41.0. The third kappa shape index (κ3) is 5.40. The highest BCUT2D eigenvalue weighted by Gasteiger charge is 2.62. The van der Waals surface area contributed by atoms with Crippen molar-refractivity contribution in [3.63, 3.8) is 0 Å². The smallest absolute Gasteiger partial charge is 0.326 e. The van der Waals surface area contributed by atoms with Crippen LogP contribution in [0.2, 0.25) is 0 Å². The Hall–Kier alpha value is -1.92. The average molecular weight is 540 g/mol. The van der Waals surface area contributed by atoms with Crippen molar-refractivity contribution in [2.45, 2.75) is 110 Å². The predicted molar refractivity (Wildman–Crippen MR) is 151 cm³/mol. The molecule has 11 atom stereocenters. The first-order valence-corrected chi connectivity index (χ1v) is 15.4. The van der Waals surface area contributed by atoms with Crippen LogP contribution in [0.15, 0.2) is 30.3 Å². The maximum Gasteiger partial charge on any atom is 0.326 e. The topological polar surface area (TPSA) is 107 Å². The van der Waals surface area contributed by atoms with Crippen LogP contribution in [0.3, 0.4) is 0 Å².